The van der Waals surface area contributed by atoms with Crippen LogP contribution >= 0.6 is 12.4 Å². The molecule has 2 aromatic rings. The molecule has 1 fully saturated rings. The van der Waals surface area contributed by atoms with E-state index in [1.165, 1.54) is 38.5 Å². The maximum atomic E-state index is 7.52. The third kappa shape index (κ3) is 6.59. The molecule has 1 atom stereocenters. The van der Waals surface area contributed by atoms with Gasteiger partial charge in [0.05, 0.1) is 5.92 Å². The van der Waals surface area contributed by atoms with Crippen molar-refractivity contribution in [1.82, 2.24) is 20.0 Å². The molecule has 0 aliphatic carbocycles. The van der Waals surface area contributed by atoms with Crippen LogP contribution in [0.4, 0.5) is 5.82 Å². The number of likely N-dealkylation sites (tertiary alicyclic amines) is 1. The molecule has 4 N–H and O–H groups in total. The van der Waals surface area contributed by atoms with Gasteiger partial charge in [0.15, 0.2) is 5.96 Å². The van der Waals surface area contributed by atoms with Gasteiger partial charge in [0, 0.05) is 31.4 Å². The minimum absolute atomic E-state index is 0. The fraction of sp³-hybridized carbons (Fsp3) is 0.600. The first-order chi connectivity index (χ1) is 13.7. The quantitative estimate of drug-likeness (QED) is 0.301. The molecule has 0 aromatic carbocycles. The first-order valence-electron chi connectivity index (χ1n) is 10.3. The van der Waals surface area contributed by atoms with Gasteiger partial charge in [0.1, 0.15) is 5.82 Å². The summed E-state index contributed by atoms with van der Waals surface area (Å²) < 4.78 is 5.44. The molecule has 0 amide bonds. The average Bonchev–Trinajstić information content (AvgIpc) is 3.37. The Balaban J connectivity index is 0.00000300. The van der Waals surface area contributed by atoms with Gasteiger partial charge in [-0.15, -0.1) is 12.4 Å². The van der Waals surface area contributed by atoms with E-state index in [1.54, 1.807) is 6.20 Å². The highest BCUT2D eigenvalue weighted by atomic mass is 35.5. The van der Waals surface area contributed by atoms with Crippen molar-refractivity contribution in [2.75, 3.05) is 25.0 Å². The standard InChI is InChI=1S/C20H31N7O.ClH/c1-2-3-4-5-6-7-11-23-17-9-8-15(13-24-17)18-25-19(28-26-18)16-10-12-27(14-16)20(21)22;/h8-9,13,16H,2-7,10-12,14H2,1H3,(H3,21,22)(H,23,24);1H. The lowest BCUT2D eigenvalue weighted by Crippen LogP contribution is -2.34. The van der Waals surface area contributed by atoms with Crippen molar-refractivity contribution < 1.29 is 4.52 Å². The van der Waals surface area contributed by atoms with Crippen molar-refractivity contribution in [2.24, 2.45) is 5.73 Å². The minimum atomic E-state index is 0. The molecule has 1 unspecified atom stereocenters. The van der Waals surface area contributed by atoms with E-state index in [0.717, 1.165) is 30.9 Å². The highest BCUT2D eigenvalue weighted by Crippen LogP contribution is 2.27. The van der Waals surface area contributed by atoms with Crippen molar-refractivity contribution in [3.63, 3.8) is 0 Å². The van der Waals surface area contributed by atoms with Gasteiger partial charge in [0.25, 0.3) is 0 Å². The van der Waals surface area contributed by atoms with Gasteiger partial charge < -0.3 is 20.5 Å². The molecule has 2 aromatic heterocycles. The molecule has 1 aliphatic heterocycles. The number of nitrogens with one attached hydrogen (secondary N) is 2. The second-order valence-corrected chi connectivity index (χ2v) is 7.40. The number of unbranched alkanes of at least 4 members (excludes halogenated alkanes) is 5. The molecule has 0 radical (unpaired) electrons. The maximum Gasteiger partial charge on any atom is 0.231 e. The van der Waals surface area contributed by atoms with E-state index in [-0.39, 0.29) is 24.3 Å². The van der Waals surface area contributed by atoms with Crippen molar-refractivity contribution in [3.8, 4) is 11.4 Å². The number of halogens is 1. The zero-order valence-corrected chi connectivity index (χ0v) is 17.9. The number of aromatic nitrogens is 3. The minimum Gasteiger partial charge on any atom is -0.370 e. The number of guanidine groups is 1. The third-order valence-electron chi connectivity index (χ3n) is 5.18. The first-order valence-corrected chi connectivity index (χ1v) is 10.3. The van der Waals surface area contributed by atoms with Gasteiger partial charge in [-0.3, -0.25) is 5.41 Å². The maximum absolute atomic E-state index is 7.52. The van der Waals surface area contributed by atoms with E-state index in [0.29, 0.717) is 18.3 Å². The largest absolute Gasteiger partial charge is 0.370 e. The SMILES string of the molecule is CCCCCCCCNc1ccc(-c2noc(C3CCN(C(=N)N)C3)n2)cn1.Cl. The molecule has 160 valence electrons. The van der Waals surface area contributed by atoms with E-state index in [4.69, 9.17) is 15.7 Å². The lowest BCUT2D eigenvalue weighted by Gasteiger charge is -2.14. The molecular formula is C20H32ClN7O. The highest BCUT2D eigenvalue weighted by Gasteiger charge is 2.29. The van der Waals surface area contributed by atoms with Crippen LogP contribution in [-0.2, 0) is 0 Å². The fourth-order valence-electron chi connectivity index (χ4n) is 3.45. The summed E-state index contributed by atoms with van der Waals surface area (Å²) in [5.41, 5.74) is 6.38. The Hall–Kier alpha value is -2.35. The van der Waals surface area contributed by atoms with Crippen LogP contribution in [0.3, 0.4) is 0 Å². The lowest BCUT2D eigenvalue weighted by atomic mass is 10.1. The lowest BCUT2D eigenvalue weighted by molar-refractivity contribution is 0.354. The highest BCUT2D eigenvalue weighted by molar-refractivity contribution is 5.85. The molecule has 9 heteroatoms. The zero-order valence-electron chi connectivity index (χ0n) is 17.1. The molecule has 0 spiro atoms. The van der Waals surface area contributed by atoms with Gasteiger partial charge in [0.2, 0.25) is 11.7 Å². The molecule has 0 bridgehead atoms. The number of rotatable bonds is 10. The van der Waals surface area contributed by atoms with Crippen molar-refractivity contribution in [2.45, 2.75) is 57.8 Å². The van der Waals surface area contributed by atoms with Gasteiger partial charge in [-0.2, -0.15) is 4.98 Å². The van der Waals surface area contributed by atoms with E-state index in [1.807, 2.05) is 17.0 Å². The topological polar surface area (TPSA) is 117 Å². The van der Waals surface area contributed by atoms with Crippen LogP contribution in [0.2, 0.25) is 0 Å². The Bertz CT molecular complexity index is 750. The smallest absolute Gasteiger partial charge is 0.231 e. The molecular weight excluding hydrogens is 390 g/mol. The van der Waals surface area contributed by atoms with Crippen LogP contribution in [0.1, 0.15) is 63.7 Å². The van der Waals surface area contributed by atoms with Crippen LogP contribution in [0.25, 0.3) is 11.4 Å². The Kier molecular flexibility index (Phi) is 9.18. The Morgan fingerprint density at radius 3 is 2.76 bits per heavy atom. The third-order valence-corrected chi connectivity index (χ3v) is 5.18. The molecule has 0 saturated carbocycles. The van der Waals surface area contributed by atoms with Crippen molar-refractivity contribution in [3.05, 3.63) is 24.2 Å². The summed E-state index contributed by atoms with van der Waals surface area (Å²) in [7, 11) is 0. The van der Waals surface area contributed by atoms with Crippen molar-refractivity contribution in [1.29, 1.82) is 5.41 Å². The summed E-state index contributed by atoms with van der Waals surface area (Å²) >= 11 is 0. The Morgan fingerprint density at radius 2 is 2.07 bits per heavy atom. The number of anilines is 1. The van der Waals surface area contributed by atoms with Gasteiger partial charge in [-0.1, -0.05) is 44.2 Å². The van der Waals surface area contributed by atoms with Crippen LogP contribution in [0, 0.1) is 5.41 Å². The predicted octanol–water partition coefficient (Wildman–Crippen LogP) is 4.01. The number of hydrogen-bond donors (Lipinski definition) is 3. The average molecular weight is 422 g/mol. The summed E-state index contributed by atoms with van der Waals surface area (Å²) in [4.78, 5) is 10.8. The number of pyridine rings is 1. The summed E-state index contributed by atoms with van der Waals surface area (Å²) in [6, 6.07) is 3.91. The summed E-state index contributed by atoms with van der Waals surface area (Å²) in [5.74, 6) is 2.23. The summed E-state index contributed by atoms with van der Waals surface area (Å²) in [6.45, 7) is 4.58. The molecule has 3 rings (SSSR count). The zero-order chi connectivity index (χ0) is 19.8. The monoisotopic (exact) mass is 421 g/mol. The van der Waals surface area contributed by atoms with Gasteiger partial charge >= 0.3 is 0 Å². The van der Waals surface area contributed by atoms with E-state index < -0.39 is 0 Å². The molecule has 8 nitrogen and oxygen atoms in total. The Labute approximate surface area is 178 Å². The van der Waals surface area contributed by atoms with E-state index in [9.17, 15) is 0 Å². The summed E-state index contributed by atoms with van der Waals surface area (Å²) in [5, 5.41) is 15.0. The van der Waals surface area contributed by atoms with E-state index in [2.05, 4.69) is 27.4 Å². The Morgan fingerprint density at radius 1 is 1.28 bits per heavy atom. The fourth-order valence-corrected chi connectivity index (χ4v) is 3.45. The predicted molar refractivity (Wildman–Crippen MR) is 117 cm³/mol. The molecule has 3 heterocycles. The molecule has 1 aliphatic rings. The number of nitrogens with zero attached hydrogens (tertiary/aromatic N) is 4. The van der Waals surface area contributed by atoms with E-state index >= 15 is 0 Å². The second kappa shape index (κ2) is 11.6. The molecule has 29 heavy (non-hydrogen) atoms. The van der Waals surface area contributed by atoms with Gasteiger partial charge in [-0.25, -0.2) is 4.98 Å². The number of nitrogens with two attached hydrogens (primary N) is 1. The first kappa shape index (κ1) is 22.9. The number of hydrogen-bond acceptors (Lipinski definition) is 6. The van der Waals surface area contributed by atoms with Crippen LogP contribution in [-0.4, -0.2) is 45.6 Å². The summed E-state index contributed by atoms with van der Waals surface area (Å²) in [6.07, 6.45) is 10.3. The van der Waals surface area contributed by atoms with Crippen LogP contribution in [0.15, 0.2) is 22.9 Å². The normalized spacial score (nSPS) is 15.9. The second-order valence-electron chi connectivity index (χ2n) is 7.40. The van der Waals surface area contributed by atoms with Crippen LogP contribution in [0.5, 0.6) is 0 Å². The molecule has 1 saturated heterocycles. The van der Waals surface area contributed by atoms with Crippen molar-refractivity contribution >= 4 is 24.2 Å². The van der Waals surface area contributed by atoms with Crippen LogP contribution < -0.4 is 11.1 Å². The van der Waals surface area contributed by atoms with Gasteiger partial charge in [-0.05, 0) is 25.0 Å².